The van der Waals surface area contributed by atoms with Crippen molar-refractivity contribution in [3.8, 4) is 34.2 Å². The van der Waals surface area contributed by atoms with Crippen LogP contribution in [0.5, 0.6) is 0 Å². The summed E-state index contributed by atoms with van der Waals surface area (Å²) in [6, 6.07) is 21.5. The van der Waals surface area contributed by atoms with Crippen LogP contribution in [0, 0.1) is 27.7 Å². The molecule has 6 aromatic rings. The summed E-state index contributed by atoms with van der Waals surface area (Å²) in [6.45, 7) is 8.23. The van der Waals surface area contributed by atoms with Gasteiger partial charge in [0.2, 0.25) is 0 Å². The molecule has 0 unspecified atom stereocenters. The van der Waals surface area contributed by atoms with E-state index in [0.717, 1.165) is 22.8 Å². The average Bonchev–Trinajstić information content (AvgIpc) is 3.10. The minimum Gasteiger partial charge on any atom is -0.478 e. The van der Waals surface area contributed by atoms with Crippen molar-refractivity contribution in [3.63, 3.8) is 0 Å². The average molecular weight is 1000 g/mol. The fraction of sp³-hybridized carbons (Fsp3) is 0.111. The Bertz CT molecular complexity index is 2190. The molecule has 6 rings (SSSR count). The van der Waals surface area contributed by atoms with E-state index in [1.807, 2.05) is 73.3 Å². The van der Waals surface area contributed by atoms with E-state index in [4.69, 9.17) is 10.2 Å². The molecule has 0 radical (unpaired) electrons. The van der Waals surface area contributed by atoms with Crippen molar-refractivity contribution in [1.82, 2.24) is 29.9 Å². The summed E-state index contributed by atoms with van der Waals surface area (Å²) >= 11 is 0. The van der Waals surface area contributed by atoms with Crippen LogP contribution in [0.3, 0.4) is 0 Å². The van der Waals surface area contributed by atoms with Crippen LogP contribution in [0.1, 0.15) is 43.0 Å². The molecule has 0 spiro atoms. The maximum atomic E-state index is 10.8. The van der Waals surface area contributed by atoms with Crippen LogP contribution in [0.4, 0.5) is 50.4 Å². The van der Waals surface area contributed by atoms with Crippen LogP contribution in [0.15, 0.2) is 110 Å². The Morgan fingerprint density at radius 3 is 0.705 bits per heavy atom. The van der Waals surface area contributed by atoms with Crippen LogP contribution < -0.4 is 0 Å². The van der Waals surface area contributed by atoms with Crippen LogP contribution >= 0.6 is 15.6 Å². The minimum atomic E-state index is -10.7. The minimum absolute atomic E-state index is 0. The van der Waals surface area contributed by atoms with Gasteiger partial charge in [-0.2, -0.15) is 0 Å². The van der Waals surface area contributed by atoms with E-state index in [1.165, 1.54) is 58.9 Å². The molecule has 0 aliphatic rings. The number of hydrogen-bond acceptors (Lipinski definition) is 8. The standard InChI is InChI=1S/C12H8N2O4.2C12H12N2.2F6P.Ru/c15-11(16)7-1-3-13-9(5-7)10-6-8(12(17)18)2-4-14-10;2*1-9-3-5-13-11(7-9)12-8-10(2)4-6-14-12;2*1-7(2,3,4,5)6;/h1-6H,(H,15,16)(H,17,18);2*3-8H,1-2H3;;;/q;;;2*-1;+2. The zero-order chi connectivity index (χ0) is 45.9. The number of carboxylic acids is 2. The Balaban J connectivity index is 0.000000397. The van der Waals surface area contributed by atoms with Gasteiger partial charge in [-0.15, -0.1) is 0 Å². The van der Waals surface area contributed by atoms with E-state index < -0.39 is 27.6 Å². The van der Waals surface area contributed by atoms with Crippen molar-refractivity contribution in [3.05, 3.63) is 143 Å². The molecule has 25 heteroatoms. The normalized spacial score (nSPS) is 12.9. The first-order valence-electron chi connectivity index (χ1n) is 16.2. The van der Waals surface area contributed by atoms with Crippen LogP contribution in [-0.4, -0.2) is 52.1 Å². The summed E-state index contributed by atoms with van der Waals surface area (Å²) < 4.78 is 118. The van der Waals surface area contributed by atoms with E-state index >= 15 is 0 Å². The largest absolute Gasteiger partial charge is 2.00 e. The molecule has 0 amide bonds. The van der Waals surface area contributed by atoms with E-state index in [1.54, 1.807) is 0 Å². The Kier molecular flexibility index (Phi) is 16.7. The van der Waals surface area contributed by atoms with Crippen LogP contribution in [0.2, 0.25) is 0 Å². The summed E-state index contributed by atoms with van der Waals surface area (Å²) in [4.78, 5) is 46.7. The third-order valence-electron chi connectivity index (χ3n) is 6.46. The van der Waals surface area contributed by atoms with E-state index in [2.05, 4.69) is 57.6 Å². The number of nitrogens with zero attached hydrogens (tertiary/aromatic N) is 6. The van der Waals surface area contributed by atoms with Crippen molar-refractivity contribution in [1.29, 1.82) is 0 Å². The van der Waals surface area contributed by atoms with Gasteiger partial charge in [0.25, 0.3) is 0 Å². The molecule has 10 nitrogen and oxygen atoms in total. The Morgan fingerprint density at radius 2 is 0.541 bits per heavy atom. The number of carbonyl (C=O) groups is 2. The predicted octanol–water partition coefficient (Wildman–Crippen LogP) is 13.8. The fourth-order valence-electron chi connectivity index (χ4n) is 4.11. The van der Waals surface area contributed by atoms with E-state index in [0.29, 0.717) is 11.4 Å². The Morgan fingerprint density at radius 1 is 0.377 bits per heavy atom. The third kappa shape index (κ3) is 27.1. The third-order valence-corrected chi connectivity index (χ3v) is 6.46. The van der Waals surface area contributed by atoms with Crippen molar-refractivity contribution in [2.75, 3.05) is 0 Å². The smallest absolute Gasteiger partial charge is 0.478 e. The van der Waals surface area contributed by atoms with Gasteiger partial charge in [0, 0.05) is 37.2 Å². The molecule has 0 aliphatic carbocycles. The molecule has 332 valence electrons. The van der Waals surface area contributed by atoms with Crippen molar-refractivity contribution < 1.29 is 89.6 Å². The second kappa shape index (κ2) is 19.0. The molecule has 0 bridgehead atoms. The number of carboxylic acid groups (broad SMARTS) is 2. The molecule has 0 aliphatic heterocycles. The zero-order valence-electron chi connectivity index (χ0n) is 31.6. The number of aromatic carboxylic acids is 2. The number of aromatic nitrogens is 6. The first kappa shape index (κ1) is 53.5. The molecular weight excluding hydrogens is 971 g/mol. The van der Waals surface area contributed by atoms with Crippen molar-refractivity contribution in [2.24, 2.45) is 0 Å². The van der Waals surface area contributed by atoms with Gasteiger partial charge in [-0.25, -0.2) is 9.59 Å². The summed E-state index contributed by atoms with van der Waals surface area (Å²) in [6.07, 6.45) is 9.94. The number of hydrogen-bond donors (Lipinski definition) is 2. The maximum absolute atomic E-state index is 10.8. The summed E-state index contributed by atoms with van der Waals surface area (Å²) in [7, 11) is -21.3. The van der Waals surface area contributed by atoms with Crippen LogP contribution in [-0.2, 0) is 19.5 Å². The molecule has 61 heavy (non-hydrogen) atoms. The maximum Gasteiger partial charge on any atom is 2.00 e. The number of rotatable bonds is 5. The van der Waals surface area contributed by atoms with Gasteiger partial charge in [0.15, 0.2) is 0 Å². The van der Waals surface area contributed by atoms with Gasteiger partial charge in [0.05, 0.1) is 45.3 Å². The second-order valence-electron chi connectivity index (χ2n) is 12.3. The number of aryl methyl sites for hydroxylation is 4. The van der Waals surface area contributed by atoms with Gasteiger partial charge in [0.1, 0.15) is 0 Å². The van der Waals surface area contributed by atoms with Crippen molar-refractivity contribution in [2.45, 2.75) is 27.7 Å². The summed E-state index contributed by atoms with van der Waals surface area (Å²) in [5.41, 5.74) is 9.36. The van der Waals surface area contributed by atoms with Gasteiger partial charge in [-0.1, -0.05) is 0 Å². The van der Waals surface area contributed by atoms with E-state index in [9.17, 15) is 60.0 Å². The van der Waals surface area contributed by atoms with Crippen molar-refractivity contribution >= 4 is 27.6 Å². The quantitative estimate of drug-likeness (QED) is 0.0970. The first-order chi connectivity index (χ1) is 27.0. The monoisotopic (exact) mass is 1000 g/mol. The van der Waals surface area contributed by atoms with Gasteiger partial charge in [-0.3, -0.25) is 29.9 Å². The molecular formula is C36H32F12N6O4P2Ru. The van der Waals surface area contributed by atoms with Crippen LogP contribution in [0.25, 0.3) is 34.2 Å². The van der Waals surface area contributed by atoms with E-state index in [-0.39, 0.29) is 30.6 Å². The summed E-state index contributed by atoms with van der Waals surface area (Å²) in [5, 5.41) is 17.7. The predicted molar refractivity (Wildman–Crippen MR) is 202 cm³/mol. The van der Waals surface area contributed by atoms with Gasteiger partial charge < -0.3 is 10.2 Å². The Hall–Kier alpha value is -5.52. The number of pyridine rings is 6. The SMILES string of the molecule is Cc1ccnc(-c2cc(C)ccn2)c1.Cc1ccnc(-c2cc(C)ccn2)c1.F[P-](F)(F)(F)(F)F.F[P-](F)(F)(F)(F)F.O=C(O)c1ccnc(-c2cc(C(=O)O)ccn2)c1.[Ru+2]. The molecule has 0 fully saturated rings. The first-order valence-corrected chi connectivity index (χ1v) is 20.3. The number of halogens is 12. The van der Waals surface area contributed by atoms with Gasteiger partial charge >= 0.3 is 97.4 Å². The zero-order valence-corrected chi connectivity index (χ0v) is 35.1. The van der Waals surface area contributed by atoms with Gasteiger partial charge in [-0.05, 0) is 123 Å². The topological polar surface area (TPSA) is 152 Å². The fourth-order valence-corrected chi connectivity index (χ4v) is 4.11. The molecule has 6 heterocycles. The molecule has 6 aromatic heterocycles. The summed E-state index contributed by atoms with van der Waals surface area (Å²) in [5.74, 6) is -2.15. The molecule has 0 atom stereocenters. The second-order valence-corrected chi connectivity index (χ2v) is 16.1. The molecule has 0 saturated carbocycles. The molecule has 0 aromatic carbocycles. The molecule has 0 saturated heterocycles. The molecule has 2 N–H and O–H groups in total. The Labute approximate surface area is 351 Å².